The van der Waals surface area contributed by atoms with Gasteiger partial charge in [0.05, 0.1) is 23.6 Å². The number of carbonyl (C=O) groups is 2. The van der Waals surface area contributed by atoms with Gasteiger partial charge in [0.1, 0.15) is 5.75 Å². The molecule has 3 aromatic rings. The summed E-state index contributed by atoms with van der Waals surface area (Å²) in [5.74, 6) is 0.105. The summed E-state index contributed by atoms with van der Waals surface area (Å²) in [6.45, 7) is 2.47. The van der Waals surface area contributed by atoms with Crippen LogP contribution in [0.5, 0.6) is 5.75 Å². The zero-order valence-electron chi connectivity index (χ0n) is 16.3. The van der Waals surface area contributed by atoms with Crippen LogP contribution in [0.2, 0.25) is 0 Å². The lowest BCUT2D eigenvalue weighted by Gasteiger charge is -2.12. The summed E-state index contributed by atoms with van der Waals surface area (Å²) in [7, 11) is 0. The van der Waals surface area contributed by atoms with E-state index in [1.165, 1.54) is 6.20 Å². The van der Waals surface area contributed by atoms with Crippen LogP contribution in [0.25, 0.3) is 0 Å². The molecule has 0 saturated carbocycles. The van der Waals surface area contributed by atoms with Crippen LogP contribution < -0.4 is 20.1 Å². The minimum Gasteiger partial charge on any atom is -0.618 e. The van der Waals surface area contributed by atoms with Crippen LogP contribution in [0, 0.1) is 5.21 Å². The van der Waals surface area contributed by atoms with E-state index in [2.05, 4.69) is 10.6 Å². The highest BCUT2D eigenvalue weighted by atomic mass is 32.2. The molecule has 0 saturated heterocycles. The van der Waals surface area contributed by atoms with Crippen LogP contribution in [0.3, 0.4) is 0 Å². The Morgan fingerprint density at radius 2 is 1.73 bits per heavy atom. The molecule has 0 unspecified atom stereocenters. The molecule has 2 aromatic carbocycles. The highest BCUT2D eigenvalue weighted by Crippen LogP contribution is 2.20. The molecule has 30 heavy (non-hydrogen) atoms. The second kappa shape index (κ2) is 10.3. The van der Waals surface area contributed by atoms with Gasteiger partial charge in [-0.25, -0.2) is 0 Å². The quantitative estimate of drug-likeness (QED) is 0.327. The minimum atomic E-state index is -0.344. The average molecular weight is 423 g/mol. The first-order valence-corrected chi connectivity index (χ1v) is 10.3. The SMILES string of the molecule is CCOc1ccc(NC(=O)c2ccccc2NC(=O)CSc2cccc[n+]2[O-])cc1. The number of hydrogen-bond donors (Lipinski definition) is 2. The molecule has 0 bridgehead atoms. The molecule has 3 rings (SSSR count). The van der Waals surface area contributed by atoms with Gasteiger partial charge in [-0.05, 0) is 61.2 Å². The number of rotatable bonds is 8. The molecule has 0 atom stereocenters. The van der Waals surface area contributed by atoms with Gasteiger partial charge in [-0.2, -0.15) is 4.73 Å². The largest absolute Gasteiger partial charge is 0.618 e. The van der Waals surface area contributed by atoms with Crippen molar-refractivity contribution in [2.45, 2.75) is 11.9 Å². The van der Waals surface area contributed by atoms with Crippen molar-refractivity contribution in [1.29, 1.82) is 0 Å². The van der Waals surface area contributed by atoms with Gasteiger partial charge in [0.25, 0.3) is 10.9 Å². The molecule has 0 aliphatic heterocycles. The van der Waals surface area contributed by atoms with Crippen LogP contribution in [0.1, 0.15) is 17.3 Å². The monoisotopic (exact) mass is 423 g/mol. The topological polar surface area (TPSA) is 94.4 Å². The van der Waals surface area contributed by atoms with Crippen molar-refractivity contribution in [3.8, 4) is 5.75 Å². The van der Waals surface area contributed by atoms with Gasteiger partial charge in [-0.3, -0.25) is 9.59 Å². The van der Waals surface area contributed by atoms with Crippen LogP contribution in [0.4, 0.5) is 11.4 Å². The molecule has 1 heterocycles. The highest BCUT2D eigenvalue weighted by molar-refractivity contribution is 7.99. The molecule has 1 aromatic heterocycles. The Kier molecular flexibility index (Phi) is 7.29. The van der Waals surface area contributed by atoms with Crippen molar-refractivity contribution >= 4 is 35.0 Å². The van der Waals surface area contributed by atoms with Crippen molar-refractivity contribution in [2.24, 2.45) is 0 Å². The first-order chi connectivity index (χ1) is 14.6. The number of para-hydroxylation sites is 1. The van der Waals surface area contributed by atoms with E-state index < -0.39 is 0 Å². The number of hydrogen-bond acceptors (Lipinski definition) is 5. The van der Waals surface area contributed by atoms with Gasteiger partial charge in [-0.15, -0.1) is 0 Å². The summed E-state index contributed by atoms with van der Waals surface area (Å²) in [5.41, 5.74) is 1.35. The Balaban J connectivity index is 1.63. The standard InChI is InChI=1S/C22H21N3O4S/c1-2-29-17-12-10-16(11-13-17)23-22(27)18-7-3-4-8-19(18)24-20(26)15-30-21-9-5-6-14-25(21)28/h3-14H,2,15H2,1H3,(H,23,27)(H,24,26). The van der Waals surface area contributed by atoms with E-state index in [0.717, 1.165) is 17.5 Å². The number of thioether (sulfide) groups is 1. The summed E-state index contributed by atoms with van der Waals surface area (Å²) in [6, 6.07) is 18.8. The minimum absolute atomic E-state index is 0.0428. The molecule has 0 radical (unpaired) electrons. The van der Waals surface area contributed by atoms with Gasteiger partial charge in [0, 0.05) is 17.8 Å². The average Bonchev–Trinajstić information content (AvgIpc) is 2.75. The van der Waals surface area contributed by atoms with Crippen molar-refractivity contribution in [1.82, 2.24) is 0 Å². The van der Waals surface area contributed by atoms with E-state index in [4.69, 9.17) is 4.74 Å². The van der Waals surface area contributed by atoms with E-state index in [1.807, 2.05) is 6.92 Å². The summed E-state index contributed by atoms with van der Waals surface area (Å²) in [6.07, 6.45) is 1.38. The Morgan fingerprint density at radius 3 is 2.47 bits per heavy atom. The number of ether oxygens (including phenoxy) is 1. The molecule has 0 fully saturated rings. The van der Waals surface area contributed by atoms with Crippen molar-refractivity contribution in [2.75, 3.05) is 23.0 Å². The normalized spacial score (nSPS) is 10.3. The zero-order valence-corrected chi connectivity index (χ0v) is 17.1. The first-order valence-electron chi connectivity index (χ1n) is 9.31. The van der Waals surface area contributed by atoms with Crippen molar-refractivity contribution in [3.63, 3.8) is 0 Å². The lowest BCUT2D eigenvalue weighted by atomic mass is 10.1. The maximum absolute atomic E-state index is 12.7. The van der Waals surface area contributed by atoms with Crippen LogP contribution in [0.15, 0.2) is 78.0 Å². The van der Waals surface area contributed by atoms with Crippen LogP contribution >= 0.6 is 11.8 Å². The third-order valence-corrected chi connectivity index (χ3v) is 5.03. The summed E-state index contributed by atoms with van der Waals surface area (Å²) < 4.78 is 6.10. The first kappa shape index (κ1) is 21.2. The number of amides is 2. The summed E-state index contributed by atoms with van der Waals surface area (Å²) >= 11 is 1.12. The van der Waals surface area contributed by atoms with E-state index in [1.54, 1.807) is 66.7 Å². The Hall–Kier alpha value is -3.52. The Bertz CT molecular complexity index is 1020. The van der Waals surface area contributed by atoms with E-state index in [0.29, 0.717) is 33.3 Å². The number of aromatic nitrogens is 1. The molecule has 8 heteroatoms. The lowest BCUT2D eigenvalue weighted by Crippen LogP contribution is -2.28. The molecular formula is C22H21N3O4S. The molecule has 154 valence electrons. The van der Waals surface area contributed by atoms with Crippen molar-refractivity contribution < 1.29 is 19.1 Å². The molecule has 2 amide bonds. The second-order valence-electron chi connectivity index (χ2n) is 6.16. The molecule has 0 aliphatic carbocycles. The van der Waals surface area contributed by atoms with E-state index in [9.17, 15) is 14.8 Å². The number of nitrogens with one attached hydrogen (secondary N) is 2. The maximum Gasteiger partial charge on any atom is 0.257 e. The zero-order chi connectivity index (χ0) is 21.3. The summed E-state index contributed by atoms with van der Waals surface area (Å²) in [5, 5.41) is 17.6. The number of benzene rings is 2. The second-order valence-corrected chi connectivity index (χ2v) is 7.15. The predicted octanol–water partition coefficient (Wildman–Crippen LogP) is 3.70. The summed E-state index contributed by atoms with van der Waals surface area (Å²) in [4.78, 5) is 25.0. The Labute approximate surface area is 178 Å². The number of anilines is 2. The van der Waals surface area contributed by atoms with Gasteiger partial charge >= 0.3 is 0 Å². The third-order valence-electron chi connectivity index (χ3n) is 4.01. The van der Waals surface area contributed by atoms with Gasteiger partial charge < -0.3 is 20.6 Å². The maximum atomic E-state index is 12.7. The van der Waals surface area contributed by atoms with Crippen LogP contribution in [-0.2, 0) is 4.79 Å². The number of carbonyl (C=O) groups excluding carboxylic acids is 2. The molecular weight excluding hydrogens is 402 g/mol. The fourth-order valence-corrected chi connectivity index (χ4v) is 3.35. The van der Waals surface area contributed by atoms with Crippen molar-refractivity contribution in [3.05, 3.63) is 83.7 Å². The molecule has 0 spiro atoms. The fraction of sp³-hybridized carbons (Fsp3) is 0.136. The smallest absolute Gasteiger partial charge is 0.257 e. The van der Waals surface area contributed by atoms with Crippen LogP contribution in [-0.4, -0.2) is 24.2 Å². The Morgan fingerprint density at radius 1 is 1.00 bits per heavy atom. The number of nitrogens with zero attached hydrogens (tertiary/aromatic N) is 1. The molecule has 0 aliphatic rings. The van der Waals surface area contributed by atoms with E-state index >= 15 is 0 Å². The molecule has 2 N–H and O–H groups in total. The molecule has 7 nitrogen and oxygen atoms in total. The van der Waals surface area contributed by atoms with Gasteiger partial charge in [-0.1, -0.05) is 12.1 Å². The number of pyridine rings is 1. The highest BCUT2D eigenvalue weighted by Gasteiger charge is 2.15. The fourth-order valence-electron chi connectivity index (χ4n) is 2.64. The van der Waals surface area contributed by atoms with Gasteiger partial charge in [0.15, 0.2) is 6.20 Å². The predicted molar refractivity (Wildman–Crippen MR) is 117 cm³/mol. The van der Waals surface area contributed by atoms with E-state index in [-0.39, 0.29) is 17.6 Å². The lowest BCUT2D eigenvalue weighted by molar-refractivity contribution is -0.645. The van der Waals surface area contributed by atoms with Gasteiger partial charge in [0.2, 0.25) is 5.91 Å². The third kappa shape index (κ3) is 5.74.